The third kappa shape index (κ3) is 4.90. The van der Waals surface area contributed by atoms with Gasteiger partial charge in [0.2, 0.25) is 5.91 Å². The van der Waals surface area contributed by atoms with Gasteiger partial charge >= 0.3 is 5.63 Å². The van der Waals surface area contributed by atoms with Gasteiger partial charge in [0.05, 0.1) is 7.11 Å². The number of hydrogen-bond donors (Lipinski definition) is 0. The average molecular weight is 465 g/mol. The van der Waals surface area contributed by atoms with Gasteiger partial charge in [0.15, 0.2) is 0 Å². The molecule has 0 atom stereocenters. The van der Waals surface area contributed by atoms with Crippen molar-refractivity contribution in [3.8, 4) is 5.75 Å². The third-order valence-corrected chi connectivity index (χ3v) is 6.41. The maximum atomic E-state index is 12.9. The lowest BCUT2D eigenvalue weighted by molar-refractivity contribution is -0.131. The van der Waals surface area contributed by atoms with Crippen LogP contribution in [0, 0.1) is 13.8 Å². The van der Waals surface area contributed by atoms with Gasteiger partial charge in [-0.3, -0.25) is 4.79 Å². The molecule has 1 aliphatic rings. The molecule has 1 fully saturated rings. The lowest BCUT2D eigenvalue weighted by Gasteiger charge is -2.35. The predicted octanol–water partition coefficient (Wildman–Crippen LogP) is 3.61. The molecule has 2 aromatic heterocycles. The Balaban J connectivity index is 1.40. The number of carbonyl (C=O) groups excluding carboxylic acids is 1. The molecule has 180 valence electrons. The van der Waals surface area contributed by atoms with Crippen molar-refractivity contribution in [2.75, 3.05) is 38.2 Å². The second-order valence-corrected chi connectivity index (χ2v) is 9.10. The Morgan fingerprint density at radius 2 is 1.85 bits per heavy atom. The van der Waals surface area contributed by atoms with Crippen LogP contribution in [0.25, 0.3) is 11.0 Å². The number of amides is 1. The van der Waals surface area contributed by atoms with Gasteiger partial charge in [-0.15, -0.1) is 0 Å². The summed E-state index contributed by atoms with van der Waals surface area (Å²) in [6.45, 7) is 10.8. The Labute approximate surface area is 199 Å². The Kier molecular flexibility index (Phi) is 6.86. The number of aryl methyl sites for hydroxylation is 2. The first kappa shape index (κ1) is 23.7. The molecule has 4 rings (SSSR count). The SMILES string of the molecule is COc1ccc2c(C)c(CCC(=O)N3CCN(c4cc(C)nc(C(C)C)n4)CC3)c(=O)oc2c1. The molecule has 34 heavy (non-hydrogen) atoms. The van der Waals surface area contributed by atoms with E-state index < -0.39 is 5.63 Å². The van der Waals surface area contributed by atoms with E-state index in [1.807, 2.05) is 36.9 Å². The number of rotatable bonds is 6. The van der Waals surface area contributed by atoms with E-state index in [2.05, 4.69) is 23.7 Å². The summed E-state index contributed by atoms with van der Waals surface area (Å²) in [5.74, 6) is 2.71. The van der Waals surface area contributed by atoms with Gasteiger partial charge in [0, 0.05) is 67.3 Å². The van der Waals surface area contributed by atoms with Gasteiger partial charge in [0.25, 0.3) is 0 Å². The first-order valence-electron chi connectivity index (χ1n) is 11.8. The molecule has 0 saturated carbocycles. The van der Waals surface area contributed by atoms with Crippen molar-refractivity contribution < 1.29 is 13.9 Å². The Bertz CT molecular complexity index is 1260. The van der Waals surface area contributed by atoms with Crippen molar-refractivity contribution in [3.63, 3.8) is 0 Å². The number of piperazine rings is 1. The van der Waals surface area contributed by atoms with Gasteiger partial charge < -0.3 is 19.0 Å². The molecule has 1 amide bonds. The van der Waals surface area contributed by atoms with Crippen LogP contribution in [-0.4, -0.2) is 54.1 Å². The van der Waals surface area contributed by atoms with Gasteiger partial charge in [-0.25, -0.2) is 14.8 Å². The van der Waals surface area contributed by atoms with E-state index in [0.717, 1.165) is 41.4 Å². The topological polar surface area (TPSA) is 88.8 Å². The van der Waals surface area contributed by atoms with Crippen molar-refractivity contribution in [2.24, 2.45) is 0 Å². The molecule has 0 unspecified atom stereocenters. The Hall–Kier alpha value is -3.42. The van der Waals surface area contributed by atoms with E-state index >= 15 is 0 Å². The van der Waals surface area contributed by atoms with Crippen LogP contribution in [0.15, 0.2) is 33.5 Å². The van der Waals surface area contributed by atoms with Crippen molar-refractivity contribution in [1.29, 1.82) is 0 Å². The molecule has 0 aliphatic carbocycles. The lowest BCUT2D eigenvalue weighted by Crippen LogP contribution is -2.49. The molecular weight excluding hydrogens is 432 g/mol. The molecule has 1 aliphatic heterocycles. The van der Waals surface area contributed by atoms with Crippen LogP contribution in [-0.2, 0) is 11.2 Å². The summed E-state index contributed by atoms with van der Waals surface area (Å²) >= 11 is 0. The number of anilines is 1. The van der Waals surface area contributed by atoms with Crippen LogP contribution in [0.4, 0.5) is 5.82 Å². The predicted molar refractivity (Wildman–Crippen MR) is 132 cm³/mol. The monoisotopic (exact) mass is 464 g/mol. The molecule has 3 aromatic rings. The average Bonchev–Trinajstić information content (AvgIpc) is 2.83. The van der Waals surface area contributed by atoms with Crippen LogP contribution in [0.2, 0.25) is 0 Å². The Morgan fingerprint density at radius 3 is 2.53 bits per heavy atom. The van der Waals surface area contributed by atoms with E-state index in [-0.39, 0.29) is 18.2 Å². The summed E-state index contributed by atoms with van der Waals surface area (Å²) in [5.41, 5.74) is 2.47. The summed E-state index contributed by atoms with van der Waals surface area (Å²) in [7, 11) is 1.57. The number of fused-ring (bicyclic) bond motifs is 1. The summed E-state index contributed by atoms with van der Waals surface area (Å²) < 4.78 is 10.7. The highest BCUT2D eigenvalue weighted by Crippen LogP contribution is 2.25. The fourth-order valence-electron chi connectivity index (χ4n) is 4.36. The minimum atomic E-state index is -0.393. The molecule has 0 N–H and O–H groups in total. The van der Waals surface area contributed by atoms with Crippen LogP contribution in [0.3, 0.4) is 0 Å². The first-order chi connectivity index (χ1) is 16.3. The number of ether oxygens (including phenoxy) is 1. The molecule has 0 bridgehead atoms. The van der Waals surface area contributed by atoms with E-state index in [9.17, 15) is 9.59 Å². The number of methoxy groups -OCH3 is 1. The maximum Gasteiger partial charge on any atom is 0.339 e. The van der Waals surface area contributed by atoms with Crippen molar-refractivity contribution in [3.05, 3.63) is 57.3 Å². The van der Waals surface area contributed by atoms with E-state index in [4.69, 9.17) is 14.1 Å². The van der Waals surface area contributed by atoms with Gasteiger partial charge in [0.1, 0.15) is 23.0 Å². The van der Waals surface area contributed by atoms with Crippen LogP contribution in [0.1, 0.15) is 48.8 Å². The van der Waals surface area contributed by atoms with E-state index in [1.54, 1.807) is 13.2 Å². The third-order valence-electron chi connectivity index (χ3n) is 6.41. The molecule has 1 aromatic carbocycles. The number of benzene rings is 1. The van der Waals surface area contributed by atoms with E-state index in [1.165, 1.54) is 0 Å². The number of aromatic nitrogens is 2. The Morgan fingerprint density at radius 1 is 1.12 bits per heavy atom. The van der Waals surface area contributed by atoms with Gasteiger partial charge in [-0.2, -0.15) is 0 Å². The van der Waals surface area contributed by atoms with Crippen molar-refractivity contribution >= 4 is 22.7 Å². The van der Waals surface area contributed by atoms with E-state index in [0.29, 0.717) is 36.4 Å². The number of nitrogens with zero attached hydrogens (tertiary/aromatic N) is 4. The lowest BCUT2D eigenvalue weighted by atomic mass is 10.0. The molecule has 3 heterocycles. The quantitative estimate of drug-likeness (QED) is 0.515. The minimum absolute atomic E-state index is 0.0509. The normalized spacial score (nSPS) is 14.2. The van der Waals surface area contributed by atoms with Gasteiger partial charge in [-0.05, 0) is 38.0 Å². The molecule has 8 heteroatoms. The number of carbonyl (C=O) groups is 1. The van der Waals surface area contributed by atoms with Crippen LogP contribution in [0.5, 0.6) is 5.75 Å². The fraction of sp³-hybridized carbons (Fsp3) is 0.462. The highest BCUT2D eigenvalue weighted by molar-refractivity contribution is 5.83. The zero-order chi connectivity index (χ0) is 24.4. The summed E-state index contributed by atoms with van der Waals surface area (Å²) in [4.78, 5) is 38.8. The maximum absolute atomic E-state index is 12.9. The highest BCUT2D eigenvalue weighted by Gasteiger charge is 2.23. The summed E-state index contributed by atoms with van der Waals surface area (Å²) in [6.07, 6.45) is 0.634. The zero-order valence-corrected chi connectivity index (χ0v) is 20.6. The first-order valence-corrected chi connectivity index (χ1v) is 11.8. The minimum Gasteiger partial charge on any atom is -0.497 e. The van der Waals surface area contributed by atoms with Crippen LogP contribution < -0.4 is 15.3 Å². The van der Waals surface area contributed by atoms with Crippen LogP contribution >= 0.6 is 0 Å². The second kappa shape index (κ2) is 9.83. The fourth-order valence-corrected chi connectivity index (χ4v) is 4.36. The van der Waals surface area contributed by atoms with Crippen molar-refractivity contribution in [2.45, 2.75) is 46.5 Å². The molecule has 0 spiro atoms. The second-order valence-electron chi connectivity index (χ2n) is 9.10. The van der Waals surface area contributed by atoms with Crippen molar-refractivity contribution in [1.82, 2.24) is 14.9 Å². The highest BCUT2D eigenvalue weighted by atomic mass is 16.5. The number of hydrogen-bond acceptors (Lipinski definition) is 7. The zero-order valence-electron chi connectivity index (χ0n) is 20.6. The molecule has 0 radical (unpaired) electrons. The molecule has 8 nitrogen and oxygen atoms in total. The molecular formula is C26H32N4O4. The summed E-state index contributed by atoms with van der Waals surface area (Å²) in [5, 5.41) is 0.859. The largest absolute Gasteiger partial charge is 0.497 e. The smallest absolute Gasteiger partial charge is 0.339 e. The standard InChI is InChI=1S/C26H32N4O4/c1-16(2)25-27-17(3)14-23(28-25)29-10-12-30(13-11-29)24(31)9-8-21-18(4)20-7-6-19(33-5)15-22(20)34-26(21)32/h6-7,14-16H,8-13H2,1-5H3. The van der Waals surface area contributed by atoms with Gasteiger partial charge in [-0.1, -0.05) is 13.8 Å². The molecule has 1 saturated heterocycles. The summed E-state index contributed by atoms with van der Waals surface area (Å²) in [6, 6.07) is 7.44.